The van der Waals surface area contributed by atoms with E-state index in [0.717, 1.165) is 105 Å². The molecule has 4 atom stereocenters. The van der Waals surface area contributed by atoms with Crippen LogP contribution in [0.15, 0.2) is 32.7 Å². The van der Waals surface area contributed by atoms with Crippen molar-refractivity contribution >= 4 is 67.8 Å². The molecule has 0 spiro atoms. The fourth-order valence-corrected chi connectivity index (χ4v) is 15.1. The fourth-order valence-electron chi connectivity index (χ4n) is 7.82. The molecule has 10 rings (SSSR count). The highest BCUT2D eigenvalue weighted by atomic mass is 32.2. The molecule has 0 aliphatic carbocycles. The van der Waals surface area contributed by atoms with Crippen molar-refractivity contribution in [3.63, 3.8) is 0 Å². The highest BCUT2D eigenvalue weighted by Crippen LogP contribution is 2.57. The Morgan fingerprint density at radius 3 is 1.88 bits per heavy atom. The van der Waals surface area contributed by atoms with Crippen LogP contribution in [-0.4, -0.2) is 82.2 Å². The van der Waals surface area contributed by atoms with Gasteiger partial charge in [-0.3, -0.25) is 0 Å². The van der Waals surface area contributed by atoms with Gasteiger partial charge in [0.25, 0.3) is 0 Å². The molecule has 2 fully saturated rings. The molecule has 2 aromatic rings. The van der Waals surface area contributed by atoms with Crippen molar-refractivity contribution in [2.24, 2.45) is 5.41 Å². The van der Waals surface area contributed by atoms with Crippen LogP contribution in [0.5, 0.6) is 23.0 Å². The van der Waals surface area contributed by atoms with E-state index in [1.807, 2.05) is 23.5 Å². The third kappa shape index (κ3) is 5.39. The van der Waals surface area contributed by atoms with Crippen LogP contribution in [0, 0.1) is 14.5 Å². The number of hydrogen-bond acceptors (Lipinski definition) is 14. The Kier molecular flexibility index (Phi) is 9.00. The van der Waals surface area contributed by atoms with Gasteiger partial charge in [-0.15, -0.1) is 46.2 Å². The zero-order valence-corrected chi connectivity index (χ0v) is 33.8. The molecule has 8 aliphatic rings. The van der Waals surface area contributed by atoms with Crippen molar-refractivity contribution in [1.82, 2.24) is 0 Å². The summed E-state index contributed by atoms with van der Waals surface area (Å²) in [6.45, 7) is 14.1. The average Bonchev–Trinajstić information content (AvgIpc) is 4.01. The van der Waals surface area contributed by atoms with E-state index in [2.05, 4.69) is 27.7 Å². The van der Waals surface area contributed by atoms with Gasteiger partial charge in [0.1, 0.15) is 57.6 Å². The second-order valence-electron chi connectivity index (χ2n) is 14.3. The zero-order chi connectivity index (χ0) is 35.1. The topological polar surface area (TPSA) is 83.1 Å². The molecule has 0 saturated carbocycles. The molecule has 2 aromatic heterocycles. The van der Waals surface area contributed by atoms with Crippen molar-refractivity contribution in [3.8, 4) is 23.0 Å². The summed E-state index contributed by atoms with van der Waals surface area (Å²) in [5.41, 5.74) is 1.42. The third-order valence-electron chi connectivity index (χ3n) is 10.8. The lowest BCUT2D eigenvalue weighted by atomic mass is 9.83. The lowest BCUT2D eigenvalue weighted by Gasteiger charge is -2.32. The summed E-state index contributed by atoms with van der Waals surface area (Å²) in [4.78, 5) is 4.61. The van der Waals surface area contributed by atoms with E-state index in [1.165, 1.54) is 10.5 Å². The zero-order valence-electron chi connectivity index (χ0n) is 29.7. The molecule has 2 saturated heterocycles. The van der Waals surface area contributed by atoms with Gasteiger partial charge in [-0.1, -0.05) is 39.5 Å². The lowest BCUT2D eigenvalue weighted by Crippen LogP contribution is -2.37. The Bertz CT molecular complexity index is 2150. The van der Waals surface area contributed by atoms with E-state index in [1.54, 1.807) is 34.4 Å². The second-order valence-corrected chi connectivity index (χ2v) is 19.8. The first kappa shape index (κ1) is 34.4. The maximum Gasteiger partial charge on any atom is 0.181 e. The third-order valence-corrected chi connectivity index (χ3v) is 18.3. The molecule has 52 heavy (non-hydrogen) atoms. The summed E-state index contributed by atoms with van der Waals surface area (Å²) in [5, 5.41) is 0.495. The average molecular weight is 803 g/mol. The van der Waals surface area contributed by atoms with Gasteiger partial charge >= 0.3 is 0 Å². The molecule has 0 aromatic carbocycles. The molecule has 14 heteroatoms. The molecule has 10 heterocycles. The predicted molar refractivity (Wildman–Crippen MR) is 207 cm³/mol. The van der Waals surface area contributed by atoms with Crippen LogP contribution in [0.3, 0.4) is 0 Å². The van der Waals surface area contributed by atoms with Crippen molar-refractivity contribution in [2.45, 2.75) is 76.1 Å². The minimum atomic E-state index is -0.259. The molecule has 0 bridgehead atoms. The minimum absolute atomic E-state index is 0.0878. The van der Waals surface area contributed by atoms with E-state index in [0.29, 0.717) is 52.9 Å². The van der Waals surface area contributed by atoms with Crippen molar-refractivity contribution in [3.05, 3.63) is 50.8 Å². The summed E-state index contributed by atoms with van der Waals surface area (Å²) >= 11 is 8.95. The monoisotopic (exact) mass is 802 g/mol. The molecule has 8 aliphatic heterocycles. The summed E-state index contributed by atoms with van der Waals surface area (Å²) in [5.74, 6) is 6.17. The van der Waals surface area contributed by atoms with Crippen LogP contribution < -0.4 is 28.0 Å². The smallest absolute Gasteiger partial charge is 0.181 e. The van der Waals surface area contributed by atoms with E-state index < -0.39 is 0 Å². The minimum Gasteiger partial charge on any atom is -0.496 e. The Hall–Kier alpha value is -2.07. The molecular formula is C38H42O9S5. The largest absolute Gasteiger partial charge is 0.496 e. The first-order chi connectivity index (χ1) is 25.5. The number of thiophene rings is 2. The van der Waals surface area contributed by atoms with Gasteiger partial charge in [-0.25, -0.2) is 0 Å². The SMILES string of the molecule is CCC1S/C(=C2/S/C(=c3/s/c(=c4/s/c(=C5/SC(C(C)(C)CC)C6=C5CCCO6)c5c4OCCO5)c4c3OCCO4)C3OCCOC23)C2=C1OCCO2. The van der Waals surface area contributed by atoms with Crippen molar-refractivity contribution in [1.29, 1.82) is 0 Å². The summed E-state index contributed by atoms with van der Waals surface area (Å²) < 4.78 is 62.1. The number of hydrogen-bond donors (Lipinski definition) is 0. The Balaban J connectivity index is 1.20. The van der Waals surface area contributed by atoms with Gasteiger partial charge in [0.15, 0.2) is 34.5 Å². The molecular weight excluding hydrogens is 761 g/mol. The predicted octanol–water partition coefficient (Wildman–Crippen LogP) is 7.00. The van der Waals surface area contributed by atoms with Gasteiger partial charge < -0.3 is 42.6 Å². The van der Waals surface area contributed by atoms with E-state index in [4.69, 9.17) is 42.6 Å². The molecule has 0 N–H and O–H groups in total. The van der Waals surface area contributed by atoms with Gasteiger partial charge in [-0.2, -0.15) is 0 Å². The summed E-state index contributed by atoms with van der Waals surface area (Å²) in [7, 11) is 0. The number of ether oxygens (including phenoxy) is 9. The highest BCUT2D eigenvalue weighted by Gasteiger charge is 2.48. The molecule has 9 nitrogen and oxygen atoms in total. The molecule has 0 radical (unpaired) electrons. The van der Waals surface area contributed by atoms with Crippen molar-refractivity contribution in [2.75, 3.05) is 59.5 Å². The van der Waals surface area contributed by atoms with Gasteiger partial charge in [0.2, 0.25) is 0 Å². The van der Waals surface area contributed by atoms with E-state index in [9.17, 15) is 0 Å². The maximum atomic E-state index is 6.54. The van der Waals surface area contributed by atoms with Gasteiger partial charge in [-0.05, 0) is 31.1 Å². The molecule has 4 unspecified atom stereocenters. The first-order valence-electron chi connectivity index (χ1n) is 18.4. The normalized spacial score (nSPS) is 32.2. The van der Waals surface area contributed by atoms with Crippen molar-refractivity contribution < 1.29 is 42.6 Å². The number of thioether (sulfide) groups is 3. The Labute approximate surface area is 323 Å². The van der Waals surface area contributed by atoms with Crippen LogP contribution in [0.25, 0.3) is 9.81 Å². The quantitative estimate of drug-likeness (QED) is 0.321. The Morgan fingerprint density at radius 2 is 1.19 bits per heavy atom. The van der Waals surface area contributed by atoms with Gasteiger partial charge in [0, 0.05) is 20.3 Å². The summed E-state index contributed by atoms with van der Waals surface area (Å²) in [6, 6.07) is 0. The van der Waals surface area contributed by atoms with E-state index >= 15 is 0 Å². The van der Waals surface area contributed by atoms with Crippen LogP contribution in [0.4, 0.5) is 0 Å². The lowest BCUT2D eigenvalue weighted by molar-refractivity contribution is -0.0949. The van der Waals surface area contributed by atoms with Gasteiger partial charge in [0.05, 0.1) is 53.4 Å². The van der Waals surface area contributed by atoms with Crippen LogP contribution in [0.1, 0.15) is 53.4 Å². The standard InChI is InChI=1S/C38H42O9S5/c1-5-19-21-22(41-11-10-40-21)31(48-19)32-25-26(45-15-14-44-25)35(50-32)36-28-27(46-16-17-47-28)34(51-36)33-24-23(42-12-13-43-24)30(49-33)29-18-8-7-9-39-20(18)37(52-29)38(3,4)6-2/h19,25-26,37H,5-17H2,1-4H3/b30-29+,32-31+,34-33+,36-35+. The second kappa shape index (κ2) is 13.6. The fraction of sp³-hybridized carbons (Fsp3) is 0.579. The first-order valence-corrected chi connectivity index (χ1v) is 22.6. The highest BCUT2D eigenvalue weighted by molar-refractivity contribution is 8.13. The number of rotatable bonds is 3. The van der Waals surface area contributed by atoms with Crippen LogP contribution >= 0.6 is 58.0 Å². The molecule has 0 amide bonds. The Morgan fingerprint density at radius 1 is 0.596 bits per heavy atom. The summed E-state index contributed by atoms with van der Waals surface area (Å²) in [6.07, 6.45) is 3.57. The maximum absolute atomic E-state index is 6.54. The van der Waals surface area contributed by atoms with E-state index in [-0.39, 0.29) is 28.1 Å². The molecule has 278 valence electrons. The van der Waals surface area contributed by atoms with Crippen LogP contribution in [0.2, 0.25) is 0 Å². The number of fused-ring (bicyclic) bond motifs is 3. The van der Waals surface area contributed by atoms with Crippen LogP contribution in [-0.2, 0) is 23.7 Å².